The molecule has 1 N–H and O–H groups in total. The monoisotopic (exact) mass is 359 g/mol. The second kappa shape index (κ2) is 6.37. The van der Waals surface area contributed by atoms with Gasteiger partial charge in [0.1, 0.15) is 13.2 Å². The molecular formula is C19H25N3O4. The van der Waals surface area contributed by atoms with E-state index in [1.54, 1.807) is 0 Å². The van der Waals surface area contributed by atoms with E-state index in [0.29, 0.717) is 45.0 Å². The third-order valence-electron chi connectivity index (χ3n) is 5.30. The number of hydrogen-bond donors (Lipinski definition) is 1. The van der Waals surface area contributed by atoms with E-state index in [9.17, 15) is 9.59 Å². The first-order valence-electron chi connectivity index (χ1n) is 9.21. The summed E-state index contributed by atoms with van der Waals surface area (Å²) >= 11 is 0. The van der Waals surface area contributed by atoms with Crippen molar-refractivity contribution in [2.75, 3.05) is 37.7 Å². The van der Waals surface area contributed by atoms with E-state index in [1.165, 1.54) is 0 Å². The fraction of sp³-hybridized carbons (Fsp3) is 0.579. The Bertz CT molecular complexity index is 735. The van der Waals surface area contributed by atoms with Crippen LogP contribution < -0.4 is 19.7 Å². The number of urea groups is 1. The molecule has 3 heterocycles. The summed E-state index contributed by atoms with van der Waals surface area (Å²) in [5.74, 6) is 1.51. The maximum absolute atomic E-state index is 12.7. The standard InChI is InChI=1S/C19H25N3O4/c1-13(2)20-18(24)21-6-5-19(11-21)10-17(23)22(12-19)14-3-4-15-16(9-14)26-8-7-25-15/h3-4,9,13H,5-8,10-12H2,1-2H3,(H,20,24)/t19-/m1/s1. The highest BCUT2D eigenvalue weighted by molar-refractivity contribution is 5.97. The molecule has 0 aromatic heterocycles. The van der Waals surface area contributed by atoms with E-state index in [0.717, 1.165) is 17.9 Å². The van der Waals surface area contributed by atoms with Gasteiger partial charge >= 0.3 is 6.03 Å². The summed E-state index contributed by atoms with van der Waals surface area (Å²) in [5.41, 5.74) is 0.680. The summed E-state index contributed by atoms with van der Waals surface area (Å²) in [6.07, 6.45) is 1.33. The quantitative estimate of drug-likeness (QED) is 0.877. The zero-order chi connectivity index (χ0) is 18.3. The minimum atomic E-state index is -0.154. The van der Waals surface area contributed by atoms with Crippen LogP contribution in [0.1, 0.15) is 26.7 Å². The molecule has 3 aliphatic rings. The van der Waals surface area contributed by atoms with Gasteiger partial charge in [-0.3, -0.25) is 4.79 Å². The molecule has 1 aromatic rings. The van der Waals surface area contributed by atoms with Crippen molar-refractivity contribution in [2.24, 2.45) is 5.41 Å². The van der Waals surface area contributed by atoms with Crippen LogP contribution in [0.15, 0.2) is 18.2 Å². The van der Waals surface area contributed by atoms with Crippen molar-refractivity contribution >= 4 is 17.6 Å². The number of nitrogens with one attached hydrogen (secondary N) is 1. The normalized spacial score (nSPS) is 24.7. The molecule has 0 aliphatic carbocycles. The molecule has 7 heteroatoms. The lowest BCUT2D eigenvalue weighted by Gasteiger charge is -2.25. The van der Waals surface area contributed by atoms with Gasteiger partial charge in [-0.15, -0.1) is 0 Å². The Hall–Kier alpha value is -2.44. The Morgan fingerprint density at radius 3 is 2.73 bits per heavy atom. The summed E-state index contributed by atoms with van der Waals surface area (Å²) in [6.45, 7) is 6.93. The molecule has 1 atom stereocenters. The van der Waals surface area contributed by atoms with Gasteiger partial charge in [0.05, 0.1) is 0 Å². The smallest absolute Gasteiger partial charge is 0.317 e. The summed E-state index contributed by atoms with van der Waals surface area (Å²) in [6, 6.07) is 5.71. The van der Waals surface area contributed by atoms with E-state index in [-0.39, 0.29) is 23.4 Å². The molecule has 0 bridgehead atoms. The van der Waals surface area contributed by atoms with Crippen molar-refractivity contribution in [3.05, 3.63) is 18.2 Å². The van der Waals surface area contributed by atoms with Gasteiger partial charge in [0.15, 0.2) is 11.5 Å². The maximum Gasteiger partial charge on any atom is 0.317 e. The van der Waals surface area contributed by atoms with Gasteiger partial charge in [-0.1, -0.05) is 0 Å². The Kier molecular flexibility index (Phi) is 4.17. The minimum absolute atomic E-state index is 0.0397. The molecule has 0 saturated carbocycles. The lowest BCUT2D eigenvalue weighted by molar-refractivity contribution is -0.117. The number of likely N-dealkylation sites (tertiary alicyclic amines) is 1. The predicted octanol–water partition coefficient (Wildman–Crippen LogP) is 2.00. The molecule has 3 amide bonds. The third kappa shape index (κ3) is 3.06. The molecule has 26 heavy (non-hydrogen) atoms. The van der Waals surface area contributed by atoms with Crippen molar-refractivity contribution in [2.45, 2.75) is 32.7 Å². The van der Waals surface area contributed by atoms with E-state index in [2.05, 4.69) is 5.32 Å². The Balaban J connectivity index is 1.48. The fourth-order valence-corrected chi connectivity index (χ4v) is 4.05. The van der Waals surface area contributed by atoms with Crippen LogP contribution in [0.4, 0.5) is 10.5 Å². The van der Waals surface area contributed by atoms with Gasteiger partial charge in [-0.05, 0) is 32.4 Å². The van der Waals surface area contributed by atoms with Gasteiger partial charge in [-0.2, -0.15) is 0 Å². The van der Waals surface area contributed by atoms with Gasteiger partial charge in [-0.25, -0.2) is 4.79 Å². The molecule has 7 nitrogen and oxygen atoms in total. The van der Waals surface area contributed by atoms with Crippen LogP contribution in [0.25, 0.3) is 0 Å². The molecule has 0 radical (unpaired) electrons. The van der Waals surface area contributed by atoms with Crippen LogP contribution in [0.5, 0.6) is 11.5 Å². The lowest BCUT2D eigenvalue weighted by atomic mass is 9.86. The van der Waals surface area contributed by atoms with Crippen LogP contribution in [-0.2, 0) is 4.79 Å². The SMILES string of the molecule is CC(C)NC(=O)N1CC[C@@]2(CC(=O)N(c3ccc4c(c3)OCCO4)C2)C1. The first kappa shape index (κ1) is 17.0. The number of benzene rings is 1. The summed E-state index contributed by atoms with van der Waals surface area (Å²) < 4.78 is 11.2. The highest BCUT2D eigenvalue weighted by atomic mass is 16.6. The van der Waals surface area contributed by atoms with Crippen LogP contribution >= 0.6 is 0 Å². The van der Waals surface area contributed by atoms with Gasteiger partial charge in [0.2, 0.25) is 5.91 Å². The maximum atomic E-state index is 12.7. The Morgan fingerprint density at radius 1 is 1.19 bits per heavy atom. The van der Waals surface area contributed by atoms with E-state index >= 15 is 0 Å². The highest BCUT2D eigenvalue weighted by Crippen LogP contribution is 2.43. The zero-order valence-corrected chi connectivity index (χ0v) is 15.3. The molecule has 3 aliphatic heterocycles. The summed E-state index contributed by atoms with van der Waals surface area (Å²) in [7, 11) is 0. The molecular weight excluding hydrogens is 334 g/mol. The number of fused-ring (bicyclic) bond motifs is 1. The number of rotatable bonds is 2. The number of nitrogens with zero attached hydrogens (tertiary/aromatic N) is 2. The molecule has 1 aromatic carbocycles. The van der Waals surface area contributed by atoms with Gasteiger partial charge < -0.3 is 24.6 Å². The highest BCUT2D eigenvalue weighted by Gasteiger charge is 2.49. The van der Waals surface area contributed by atoms with Crippen molar-refractivity contribution in [1.29, 1.82) is 0 Å². The van der Waals surface area contributed by atoms with Gasteiger partial charge in [0.25, 0.3) is 0 Å². The van der Waals surface area contributed by atoms with Crippen LogP contribution in [0, 0.1) is 5.41 Å². The fourth-order valence-electron chi connectivity index (χ4n) is 4.05. The van der Waals surface area contributed by atoms with Crippen molar-refractivity contribution in [3.8, 4) is 11.5 Å². The van der Waals surface area contributed by atoms with Crippen molar-refractivity contribution < 1.29 is 19.1 Å². The van der Waals surface area contributed by atoms with E-state index < -0.39 is 0 Å². The number of amides is 3. The molecule has 0 unspecified atom stereocenters. The van der Waals surface area contributed by atoms with Gasteiger partial charge in [0, 0.05) is 49.3 Å². The number of carbonyl (C=O) groups excluding carboxylic acids is 2. The predicted molar refractivity (Wildman–Crippen MR) is 96.7 cm³/mol. The Labute approximate surface area is 153 Å². The number of anilines is 1. The van der Waals surface area contributed by atoms with Crippen LogP contribution in [-0.4, -0.2) is 55.7 Å². The van der Waals surface area contributed by atoms with Crippen LogP contribution in [0.3, 0.4) is 0 Å². The molecule has 140 valence electrons. The van der Waals surface area contributed by atoms with Crippen LogP contribution in [0.2, 0.25) is 0 Å². The lowest BCUT2D eigenvalue weighted by Crippen LogP contribution is -2.43. The second-order valence-corrected chi connectivity index (χ2v) is 7.76. The summed E-state index contributed by atoms with van der Waals surface area (Å²) in [4.78, 5) is 28.6. The first-order chi connectivity index (χ1) is 12.5. The number of ether oxygens (including phenoxy) is 2. The number of hydrogen-bond acceptors (Lipinski definition) is 4. The van der Waals surface area contributed by atoms with E-state index in [4.69, 9.17) is 9.47 Å². The summed E-state index contributed by atoms with van der Waals surface area (Å²) in [5, 5.41) is 2.94. The van der Waals surface area contributed by atoms with Crippen molar-refractivity contribution in [3.63, 3.8) is 0 Å². The average Bonchev–Trinajstić information content (AvgIpc) is 3.17. The minimum Gasteiger partial charge on any atom is -0.486 e. The van der Waals surface area contributed by atoms with Crippen molar-refractivity contribution in [1.82, 2.24) is 10.2 Å². The molecule has 1 spiro atoms. The topological polar surface area (TPSA) is 71.1 Å². The van der Waals surface area contributed by atoms with E-state index in [1.807, 2.05) is 41.8 Å². The second-order valence-electron chi connectivity index (χ2n) is 7.76. The molecule has 2 saturated heterocycles. The number of carbonyl (C=O) groups is 2. The third-order valence-corrected chi connectivity index (χ3v) is 5.30. The molecule has 2 fully saturated rings. The average molecular weight is 359 g/mol. The molecule has 4 rings (SSSR count). The largest absolute Gasteiger partial charge is 0.486 e. The first-order valence-corrected chi connectivity index (χ1v) is 9.21. The zero-order valence-electron chi connectivity index (χ0n) is 15.3. The Morgan fingerprint density at radius 2 is 1.96 bits per heavy atom.